The zero-order chi connectivity index (χ0) is 13.8. The van der Waals surface area contributed by atoms with Crippen molar-refractivity contribution in [3.63, 3.8) is 0 Å². The van der Waals surface area contributed by atoms with Crippen molar-refractivity contribution in [2.24, 2.45) is 11.5 Å². The van der Waals surface area contributed by atoms with E-state index >= 15 is 0 Å². The third-order valence-corrected chi connectivity index (χ3v) is 4.39. The quantitative estimate of drug-likeness (QED) is 0.762. The highest BCUT2D eigenvalue weighted by Gasteiger charge is 2.51. The molecule has 0 spiro atoms. The Morgan fingerprint density at radius 2 is 1.17 bits per heavy atom. The summed E-state index contributed by atoms with van der Waals surface area (Å²) in [6.07, 6.45) is 4.03. The summed E-state index contributed by atoms with van der Waals surface area (Å²) in [5.41, 5.74) is 10.7. The number of ether oxygens (including phenoxy) is 2. The molecule has 0 saturated carbocycles. The predicted octanol–water partition coefficient (Wildman–Crippen LogP) is 1.81. The molecule has 0 radical (unpaired) electrons. The number of hydrogen-bond donors (Lipinski definition) is 2. The van der Waals surface area contributed by atoms with Gasteiger partial charge in [-0.25, -0.2) is 0 Å². The molecule has 1 aliphatic heterocycles. The van der Waals surface area contributed by atoms with Crippen LogP contribution in [-0.4, -0.2) is 36.5 Å². The molecular formula is C14H30N2O2. The van der Waals surface area contributed by atoms with Crippen LogP contribution < -0.4 is 11.5 Å². The fourth-order valence-electron chi connectivity index (χ4n) is 2.79. The molecular weight excluding hydrogens is 228 g/mol. The van der Waals surface area contributed by atoms with Gasteiger partial charge < -0.3 is 20.9 Å². The van der Waals surface area contributed by atoms with Crippen LogP contribution in [0.3, 0.4) is 0 Å². The Morgan fingerprint density at radius 3 is 1.44 bits per heavy atom. The van der Waals surface area contributed by atoms with E-state index in [1.54, 1.807) is 0 Å². The van der Waals surface area contributed by atoms with E-state index < -0.39 is 0 Å². The minimum Gasteiger partial charge on any atom is -0.367 e. The van der Waals surface area contributed by atoms with E-state index in [4.69, 9.17) is 20.9 Å². The van der Waals surface area contributed by atoms with Gasteiger partial charge in [0.15, 0.2) is 0 Å². The van der Waals surface area contributed by atoms with Gasteiger partial charge >= 0.3 is 0 Å². The summed E-state index contributed by atoms with van der Waals surface area (Å²) in [7, 11) is 0. The molecule has 1 fully saturated rings. The minimum atomic E-state index is -0.270. The van der Waals surface area contributed by atoms with Crippen LogP contribution in [0.4, 0.5) is 0 Å². The second-order valence-corrected chi connectivity index (χ2v) is 5.89. The zero-order valence-electron chi connectivity index (χ0n) is 12.4. The van der Waals surface area contributed by atoms with E-state index in [1.165, 1.54) is 0 Å². The van der Waals surface area contributed by atoms with Gasteiger partial charge in [0, 0.05) is 0 Å². The molecule has 1 rings (SSSR count). The monoisotopic (exact) mass is 258 g/mol. The molecule has 1 aliphatic rings. The average Bonchev–Trinajstić information content (AvgIpc) is 2.32. The molecule has 0 aromatic rings. The zero-order valence-corrected chi connectivity index (χ0v) is 12.4. The van der Waals surface area contributed by atoms with Crippen LogP contribution in [0.2, 0.25) is 0 Å². The van der Waals surface area contributed by atoms with Gasteiger partial charge in [0.05, 0.1) is 23.4 Å². The van der Waals surface area contributed by atoms with E-state index in [1.807, 2.05) is 0 Å². The van der Waals surface area contributed by atoms with Gasteiger partial charge in [-0.2, -0.15) is 0 Å². The molecule has 0 aliphatic carbocycles. The SMILES string of the molecule is CC1OC(C)(CCCN)C(C)(CCCN)OC1C. The fraction of sp³-hybridized carbons (Fsp3) is 1.00. The molecule has 0 amide bonds. The van der Waals surface area contributed by atoms with E-state index in [-0.39, 0.29) is 23.4 Å². The molecule has 18 heavy (non-hydrogen) atoms. The molecule has 4 atom stereocenters. The summed E-state index contributed by atoms with van der Waals surface area (Å²) >= 11 is 0. The highest BCUT2D eigenvalue weighted by atomic mass is 16.6. The summed E-state index contributed by atoms with van der Waals surface area (Å²) in [4.78, 5) is 0. The number of rotatable bonds is 6. The van der Waals surface area contributed by atoms with Gasteiger partial charge in [-0.15, -0.1) is 0 Å². The summed E-state index contributed by atoms with van der Waals surface area (Å²) in [5, 5.41) is 0. The minimum absolute atomic E-state index is 0.124. The van der Waals surface area contributed by atoms with Crippen LogP contribution >= 0.6 is 0 Å². The van der Waals surface area contributed by atoms with Crippen molar-refractivity contribution in [1.29, 1.82) is 0 Å². The molecule has 4 N–H and O–H groups in total. The number of nitrogens with two attached hydrogens (primary N) is 2. The Bertz CT molecular complexity index is 236. The lowest BCUT2D eigenvalue weighted by Gasteiger charge is -2.54. The Morgan fingerprint density at radius 1 is 0.833 bits per heavy atom. The van der Waals surface area contributed by atoms with Gasteiger partial charge in [-0.05, 0) is 66.5 Å². The van der Waals surface area contributed by atoms with Crippen LogP contribution in [0.25, 0.3) is 0 Å². The van der Waals surface area contributed by atoms with Gasteiger partial charge in [0.2, 0.25) is 0 Å². The summed E-state index contributed by atoms with van der Waals surface area (Å²) in [5.74, 6) is 0. The van der Waals surface area contributed by atoms with Crippen molar-refractivity contribution < 1.29 is 9.47 Å². The van der Waals surface area contributed by atoms with Crippen molar-refractivity contribution >= 4 is 0 Å². The molecule has 0 aromatic heterocycles. The first-order chi connectivity index (χ1) is 8.38. The number of hydrogen-bond acceptors (Lipinski definition) is 4. The lowest BCUT2D eigenvalue weighted by molar-refractivity contribution is -0.302. The Balaban J connectivity index is 2.85. The third-order valence-electron chi connectivity index (χ3n) is 4.39. The second-order valence-electron chi connectivity index (χ2n) is 5.89. The topological polar surface area (TPSA) is 70.5 Å². The molecule has 108 valence electrons. The maximum atomic E-state index is 6.28. The molecule has 0 aromatic carbocycles. The molecule has 1 heterocycles. The van der Waals surface area contributed by atoms with E-state index in [9.17, 15) is 0 Å². The summed E-state index contributed by atoms with van der Waals surface area (Å²) in [6, 6.07) is 0. The standard InChI is InChI=1S/C14H30N2O2/c1-11-12(2)18-14(4,8-6-10-16)13(3,17-11)7-5-9-15/h11-12H,5-10,15-16H2,1-4H3. The Hall–Kier alpha value is -0.160. The predicted molar refractivity (Wildman–Crippen MR) is 74.5 cm³/mol. The first kappa shape index (κ1) is 15.9. The van der Waals surface area contributed by atoms with Crippen molar-refractivity contribution in [1.82, 2.24) is 0 Å². The van der Waals surface area contributed by atoms with E-state index in [0.29, 0.717) is 13.1 Å². The molecule has 0 bridgehead atoms. The van der Waals surface area contributed by atoms with Gasteiger partial charge in [0.1, 0.15) is 0 Å². The first-order valence-electron chi connectivity index (χ1n) is 7.14. The van der Waals surface area contributed by atoms with Crippen molar-refractivity contribution in [3.8, 4) is 0 Å². The van der Waals surface area contributed by atoms with Gasteiger partial charge in [-0.1, -0.05) is 0 Å². The lowest BCUT2D eigenvalue weighted by Crippen LogP contribution is -2.62. The van der Waals surface area contributed by atoms with Crippen LogP contribution in [0.5, 0.6) is 0 Å². The maximum Gasteiger partial charge on any atom is 0.0945 e. The maximum absolute atomic E-state index is 6.28. The second kappa shape index (κ2) is 6.33. The van der Waals surface area contributed by atoms with Crippen LogP contribution in [0.15, 0.2) is 0 Å². The highest BCUT2D eigenvalue weighted by Crippen LogP contribution is 2.43. The van der Waals surface area contributed by atoms with Gasteiger partial charge in [0.25, 0.3) is 0 Å². The Kier molecular flexibility index (Phi) is 5.59. The molecule has 4 heteroatoms. The van der Waals surface area contributed by atoms with Crippen LogP contribution in [0.1, 0.15) is 53.4 Å². The molecule has 4 unspecified atom stereocenters. The first-order valence-corrected chi connectivity index (χ1v) is 7.14. The molecule has 4 nitrogen and oxygen atoms in total. The van der Waals surface area contributed by atoms with Crippen LogP contribution in [0, 0.1) is 0 Å². The smallest absolute Gasteiger partial charge is 0.0945 e. The van der Waals surface area contributed by atoms with Crippen molar-refractivity contribution in [3.05, 3.63) is 0 Å². The molecule has 1 saturated heterocycles. The van der Waals surface area contributed by atoms with Crippen molar-refractivity contribution in [2.75, 3.05) is 13.1 Å². The van der Waals surface area contributed by atoms with Crippen molar-refractivity contribution in [2.45, 2.75) is 76.8 Å². The third kappa shape index (κ3) is 3.23. The fourth-order valence-corrected chi connectivity index (χ4v) is 2.79. The summed E-state index contributed by atoms with van der Waals surface area (Å²) in [6.45, 7) is 9.84. The average molecular weight is 258 g/mol. The Labute approximate surface area is 111 Å². The lowest BCUT2D eigenvalue weighted by atomic mass is 9.77. The normalized spacial score (nSPS) is 41.0. The van der Waals surface area contributed by atoms with Gasteiger partial charge in [-0.3, -0.25) is 0 Å². The summed E-state index contributed by atoms with van der Waals surface area (Å²) < 4.78 is 12.6. The van der Waals surface area contributed by atoms with E-state index in [0.717, 1.165) is 25.7 Å². The van der Waals surface area contributed by atoms with E-state index in [2.05, 4.69) is 27.7 Å². The highest BCUT2D eigenvalue weighted by molar-refractivity contribution is 5.01. The largest absolute Gasteiger partial charge is 0.367 e. The van der Waals surface area contributed by atoms with Crippen LogP contribution in [-0.2, 0) is 9.47 Å².